The van der Waals surface area contributed by atoms with Gasteiger partial charge in [0.25, 0.3) is 0 Å². The van der Waals surface area contributed by atoms with E-state index in [1.165, 1.54) is 17.5 Å². The molecule has 1 saturated heterocycles. The zero-order valence-corrected chi connectivity index (χ0v) is 12.7. The zero-order chi connectivity index (χ0) is 16.0. The van der Waals surface area contributed by atoms with Gasteiger partial charge in [-0.15, -0.1) is 11.3 Å². The maximum atomic E-state index is 12.7. The van der Waals surface area contributed by atoms with Gasteiger partial charge in [-0.25, -0.2) is 9.67 Å². The van der Waals surface area contributed by atoms with Crippen LogP contribution in [0.25, 0.3) is 5.57 Å². The van der Waals surface area contributed by atoms with E-state index in [-0.39, 0.29) is 0 Å². The van der Waals surface area contributed by atoms with Gasteiger partial charge < -0.3 is 10.0 Å². The largest absolute Gasteiger partial charge is 0.391 e. The Morgan fingerprint density at radius 2 is 2.26 bits per heavy atom. The van der Waals surface area contributed by atoms with Gasteiger partial charge in [0.1, 0.15) is 0 Å². The maximum Gasteiger partial charge on any atom is 0.333 e. The molecule has 2 aliphatic rings. The van der Waals surface area contributed by atoms with Crippen molar-refractivity contribution in [3.63, 3.8) is 0 Å². The lowest BCUT2D eigenvalue weighted by Crippen LogP contribution is -2.32. The van der Waals surface area contributed by atoms with Gasteiger partial charge in [-0.3, -0.25) is 4.99 Å². The molecule has 0 aromatic carbocycles. The molecular weight excluding hydrogens is 324 g/mol. The molecule has 0 amide bonds. The Hall–Kier alpha value is -2.13. The van der Waals surface area contributed by atoms with Gasteiger partial charge in [0.2, 0.25) is 0 Å². The molecule has 9 heteroatoms. The summed E-state index contributed by atoms with van der Waals surface area (Å²) < 4.78 is 26.1. The highest BCUT2D eigenvalue weighted by molar-refractivity contribution is 7.11. The van der Waals surface area contributed by atoms with Gasteiger partial charge in [0.05, 0.1) is 24.9 Å². The number of fused-ring (bicyclic) bond motifs is 1. The number of amidine groups is 1. The highest BCUT2D eigenvalue weighted by Crippen LogP contribution is 2.34. The molecule has 0 aliphatic carbocycles. The van der Waals surface area contributed by atoms with E-state index in [1.807, 2.05) is 10.3 Å². The molecule has 120 valence electrons. The van der Waals surface area contributed by atoms with Crippen LogP contribution in [0.1, 0.15) is 23.7 Å². The lowest BCUT2D eigenvalue weighted by atomic mass is 10.1. The minimum absolute atomic E-state index is 0.341. The molecule has 1 N–H and O–H groups in total. The van der Waals surface area contributed by atoms with E-state index in [2.05, 4.69) is 15.1 Å². The lowest BCUT2D eigenvalue weighted by molar-refractivity contribution is 0.0565. The van der Waals surface area contributed by atoms with Crippen molar-refractivity contribution in [3.8, 4) is 0 Å². The van der Waals surface area contributed by atoms with Gasteiger partial charge in [-0.05, 0) is 6.07 Å². The first-order valence-electron chi connectivity index (χ1n) is 7.09. The Bertz CT molecular complexity index is 783. The molecule has 1 unspecified atom stereocenters. The molecule has 0 radical (unpaired) electrons. The van der Waals surface area contributed by atoms with Gasteiger partial charge >= 0.3 is 6.55 Å². The van der Waals surface area contributed by atoms with Crippen LogP contribution in [-0.2, 0) is 0 Å². The monoisotopic (exact) mass is 337 g/mol. The van der Waals surface area contributed by atoms with Crippen molar-refractivity contribution in [3.05, 3.63) is 40.2 Å². The van der Waals surface area contributed by atoms with Gasteiger partial charge in [0.15, 0.2) is 10.8 Å². The number of hydrogen-bond acceptors (Lipinski definition) is 6. The van der Waals surface area contributed by atoms with E-state index in [9.17, 15) is 13.9 Å². The van der Waals surface area contributed by atoms with Gasteiger partial charge in [0, 0.05) is 35.5 Å². The summed E-state index contributed by atoms with van der Waals surface area (Å²) in [6.45, 7) is -1.90. The first kappa shape index (κ1) is 14.5. The van der Waals surface area contributed by atoms with E-state index in [0.29, 0.717) is 29.9 Å². The van der Waals surface area contributed by atoms with Crippen molar-refractivity contribution in [2.75, 3.05) is 13.1 Å². The molecule has 2 aromatic heterocycles. The molecule has 23 heavy (non-hydrogen) atoms. The standard InChI is InChI=1S/C14H13F2N5OS/c15-14(16)21-3-1-10(19-21)9-6-18-12(13-17-2-4-23-13)20-7-8(22)5-11(9)20/h1-4,8,14,22H,5-7H2. The first-order chi connectivity index (χ1) is 11.1. The summed E-state index contributed by atoms with van der Waals surface area (Å²) in [5, 5.41) is 16.6. The smallest absolute Gasteiger partial charge is 0.333 e. The third-order valence-electron chi connectivity index (χ3n) is 3.88. The summed E-state index contributed by atoms with van der Waals surface area (Å²) in [4.78, 5) is 10.7. The summed E-state index contributed by atoms with van der Waals surface area (Å²) in [6.07, 6.45) is 2.91. The van der Waals surface area contributed by atoms with E-state index >= 15 is 0 Å². The fraction of sp³-hybridized carbons (Fsp3) is 0.357. The number of rotatable bonds is 3. The van der Waals surface area contributed by atoms with Crippen LogP contribution in [-0.4, -0.2) is 49.8 Å². The summed E-state index contributed by atoms with van der Waals surface area (Å²) >= 11 is 1.48. The molecule has 2 aliphatic heterocycles. The Morgan fingerprint density at radius 1 is 1.39 bits per heavy atom. The molecule has 0 bridgehead atoms. The van der Waals surface area contributed by atoms with Gasteiger partial charge in [-0.1, -0.05) is 0 Å². The van der Waals surface area contributed by atoms with Crippen LogP contribution in [0.15, 0.2) is 34.5 Å². The van der Waals surface area contributed by atoms with Crippen molar-refractivity contribution in [1.29, 1.82) is 0 Å². The lowest BCUT2D eigenvalue weighted by Gasteiger charge is -2.26. The molecule has 6 nitrogen and oxygen atoms in total. The highest BCUT2D eigenvalue weighted by Gasteiger charge is 2.35. The average Bonchev–Trinajstić information content (AvgIpc) is 3.25. The number of aliphatic hydroxyl groups excluding tert-OH is 1. The van der Waals surface area contributed by atoms with Crippen molar-refractivity contribution in [1.82, 2.24) is 19.7 Å². The van der Waals surface area contributed by atoms with Crippen LogP contribution in [0.3, 0.4) is 0 Å². The summed E-state index contributed by atoms with van der Waals surface area (Å²) in [7, 11) is 0. The predicted molar refractivity (Wildman–Crippen MR) is 81.2 cm³/mol. The Kier molecular flexibility index (Phi) is 3.46. The zero-order valence-electron chi connectivity index (χ0n) is 11.9. The van der Waals surface area contributed by atoms with Crippen LogP contribution in [0, 0.1) is 0 Å². The molecule has 1 fully saturated rings. The normalized spacial score (nSPS) is 21.1. The summed E-state index contributed by atoms with van der Waals surface area (Å²) in [5.41, 5.74) is 2.14. The number of halogens is 2. The summed E-state index contributed by atoms with van der Waals surface area (Å²) in [5.74, 6) is 0.726. The molecular formula is C14H13F2N5OS. The molecule has 1 atom stereocenters. The van der Waals surface area contributed by atoms with Crippen molar-refractivity contribution >= 4 is 22.7 Å². The van der Waals surface area contributed by atoms with E-state index in [4.69, 9.17) is 0 Å². The highest BCUT2D eigenvalue weighted by atomic mass is 32.1. The number of thiazole rings is 1. The van der Waals surface area contributed by atoms with E-state index in [1.54, 1.807) is 12.3 Å². The fourth-order valence-corrected chi connectivity index (χ4v) is 3.56. The van der Waals surface area contributed by atoms with Crippen molar-refractivity contribution < 1.29 is 13.9 Å². The third kappa shape index (κ3) is 2.45. The van der Waals surface area contributed by atoms with Crippen molar-refractivity contribution in [2.24, 2.45) is 4.99 Å². The average molecular weight is 337 g/mol. The first-order valence-corrected chi connectivity index (χ1v) is 7.97. The Labute approximate surface area is 134 Å². The third-order valence-corrected chi connectivity index (χ3v) is 4.65. The number of aliphatic imine (C=N–C) groups is 1. The number of aliphatic hydroxyl groups is 1. The molecule has 4 heterocycles. The molecule has 4 rings (SSSR count). The number of alkyl halides is 2. The molecule has 2 aromatic rings. The second-order valence-corrected chi connectivity index (χ2v) is 6.22. The number of aromatic nitrogens is 3. The molecule has 0 spiro atoms. The SMILES string of the molecule is OC1CC2=C(c3ccn(C(F)F)n3)CN=C(c3nccs3)N2C1. The second kappa shape index (κ2) is 5.50. The number of hydrogen-bond donors (Lipinski definition) is 1. The Balaban J connectivity index is 1.73. The second-order valence-electron chi connectivity index (χ2n) is 5.33. The van der Waals surface area contributed by atoms with Crippen LogP contribution < -0.4 is 0 Å². The minimum atomic E-state index is -2.67. The predicted octanol–water partition coefficient (Wildman–Crippen LogP) is 1.97. The van der Waals surface area contributed by atoms with E-state index < -0.39 is 12.7 Å². The van der Waals surface area contributed by atoms with Crippen LogP contribution >= 0.6 is 11.3 Å². The summed E-state index contributed by atoms with van der Waals surface area (Å²) in [6, 6.07) is 1.56. The fourth-order valence-electron chi connectivity index (χ4n) is 2.90. The Morgan fingerprint density at radius 3 is 2.96 bits per heavy atom. The van der Waals surface area contributed by atoms with Crippen molar-refractivity contribution in [2.45, 2.75) is 19.1 Å². The molecule has 0 saturated carbocycles. The van der Waals surface area contributed by atoms with Crippen LogP contribution in [0.5, 0.6) is 0 Å². The van der Waals surface area contributed by atoms with E-state index in [0.717, 1.165) is 22.1 Å². The number of nitrogens with zero attached hydrogens (tertiary/aromatic N) is 5. The topological polar surface area (TPSA) is 66.5 Å². The van der Waals surface area contributed by atoms with Crippen LogP contribution in [0.2, 0.25) is 0 Å². The van der Waals surface area contributed by atoms with Gasteiger partial charge in [-0.2, -0.15) is 13.9 Å². The minimum Gasteiger partial charge on any atom is -0.391 e. The maximum absolute atomic E-state index is 12.7. The quantitative estimate of drug-likeness (QED) is 0.930. The van der Waals surface area contributed by atoms with Crippen LogP contribution in [0.4, 0.5) is 8.78 Å².